The monoisotopic (exact) mass is 489 g/mol. The van der Waals surface area contributed by atoms with E-state index >= 15 is 0 Å². The Morgan fingerprint density at radius 2 is 0.741 bits per heavy atom. The van der Waals surface area contributed by atoms with E-state index in [1.165, 1.54) is 0 Å². The average Bonchev–Trinajstić information content (AvgIpc) is 2.52. The third-order valence-electron chi connectivity index (χ3n) is 2.19. The van der Waals surface area contributed by atoms with E-state index in [1.807, 2.05) is 0 Å². The molecule has 0 aromatic heterocycles. The summed E-state index contributed by atoms with van der Waals surface area (Å²) >= 11 is 0. The number of aliphatic carboxylic acids is 2. The normalized spacial score (nSPS) is 8.44. The zero-order valence-electron chi connectivity index (χ0n) is 13.9. The van der Waals surface area contributed by atoms with Crippen LogP contribution >= 0.6 is 0 Å². The van der Waals surface area contributed by atoms with Gasteiger partial charge in [-0.15, -0.1) is 26.2 Å². The fourth-order valence-electron chi connectivity index (χ4n) is 1.13. The van der Waals surface area contributed by atoms with Crippen LogP contribution in [-0.2, 0) is 62.9 Å². The van der Waals surface area contributed by atoms with Crippen molar-refractivity contribution in [3.8, 4) is 0 Å². The van der Waals surface area contributed by atoms with Gasteiger partial charge in [-0.1, -0.05) is 12.8 Å². The van der Waals surface area contributed by atoms with E-state index in [9.17, 15) is 39.0 Å². The summed E-state index contributed by atoms with van der Waals surface area (Å²) in [6, 6.07) is 0. The Hall–Kier alpha value is -1.14. The van der Waals surface area contributed by atoms with Crippen molar-refractivity contribution in [2.24, 2.45) is 0 Å². The fourth-order valence-corrected chi connectivity index (χ4v) is 1.13. The van der Waals surface area contributed by atoms with Crippen molar-refractivity contribution in [2.75, 3.05) is 26.2 Å². The summed E-state index contributed by atoms with van der Waals surface area (Å²) in [7, 11) is 0. The second kappa shape index (κ2) is 19.6. The van der Waals surface area contributed by atoms with E-state index in [0.717, 1.165) is 0 Å². The first-order valence-electron chi connectivity index (χ1n) is 6.54. The van der Waals surface area contributed by atoms with Crippen LogP contribution in [0.1, 0.15) is 12.8 Å². The average molecular weight is 490 g/mol. The maximum absolute atomic E-state index is 11.2. The van der Waals surface area contributed by atoms with Crippen LogP contribution in [0.25, 0.3) is 21.3 Å². The molecule has 0 saturated carbocycles. The molecule has 2 radical (unpaired) electrons. The van der Waals surface area contributed by atoms with Crippen LogP contribution in [0, 0.1) is 0 Å². The molecule has 0 aromatic carbocycles. The molecule has 0 aromatic rings. The quantitative estimate of drug-likeness (QED) is 0.181. The molecule has 0 aliphatic carbocycles. The van der Waals surface area contributed by atoms with Gasteiger partial charge in [-0.05, 0) is 0 Å². The van der Waals surface area contributed by atoms with Gasteiger partial charge >= 0.3 is 63.7 Å². The molecule has 4 amide bonds. The molecule has 0 unspecified atom stereocenters. The van der Waals surface area contributed by atoms with Crippen molar-refractivity contribution in [1.29, 1.82) is 0 Å². The molecular weight excluding hydrogens is 478 g/mol. The number of rotatable bonds is 8. The van der Waals surface area contributed by atoms with E-state index in [-0.39, 0.29) is 103 Å². The number of nitrogens with zero attached hydrogens (tertiary/aromatic N) is 4. The first kappa shape index (κ1) is 33.4. The Labute approximate surface area is 197 Å². The molecule has 0 N–H and O–H groups in total. The van der Waals surface area contributed by atoms with Crippen LogP contribution in [0.15, 0.2) is 0 Å². The van der Waals surface area contributed by atoms with E-state index in [4.69, 9.17) is 0 Å². The zero-order chi connectivity index (χ0) is 18.5. The van der Waals surface area contributed by atoms with Gasteiger partial charge in [0.2, 0.25) is 0 Å². The largest absolute Gasteiger partial charge is 2.00 e. The van der Waals surface area contributed by atoms with Gasteiger partial charge in [-0.2, -0.15) is 0 Å². The van der Waals surface area contributed by atoms with Crippen LogP contribution in [0.3, 0.4) is 0 Å². The molecule has 27 heavy (non-hydrogen) atoms. The molecule has 152 valence electrons. The first-order valence-corrected chi connectivity index (χ1v) is 6.54. The van der Waals surface area contributed by atoms with E-state index in [1.54, 1.807) is 0 Å². The van der Waals surface area contributed by atoms with Gasteiger partial charge in [0.25, 0.3) is 0 Å². The Bertz CT molecular complexity index is 490. The summed E-state index contributed by atoms with van der Waals surface area (Å²) in [4.78, 5) is 63.6. The number of hydrogen-bond acceptors (Lipinski definition) is 8. The Morgan fingerprint density at radius 1 is 0.519 bits per heavy atom. The minimum atomic E-state index is -1.94. The smallest absolute Gasteiger partial charge is 0.648 e. The third-order valence-corrected chi connectivity index (χ3v) is 2.19. The predicted octanol–water partition coefficient (Wildman–Crippen LogP) is -6.13. The summed E-state index contributed by atoms with van der Waals surface area (Å²) in [5.41, 5.74) is 0. The minimum Gasteiger partial charge on any atom is -0.648 e. The molecular formula is C12H12Cu2N4NaO8-. The molecule has 0 bridgehead atoms. The Kier molecular flexibility index (Phi) is 24.3. The number of carboxylic acid groups (broad SMARTS) is 2. The Morgan fingerprint density at radius 3 is 0.963 bits per heavy atom. The van der Waals surface area contributed by atoms with E-state index < -0.39 is 35.6 Å². The molecule has 0 saturated heterocycles. The van der Waals surface area contributed by atoms with Gasteiger partial charge in [-0.25, -0.2) is 0 Å². The molecule has 0 spiro atoms. The van der Waals surface area contributed by atoms with Crippen LogP contribution in [0.4, 0.5) is 0 Å². The molecule has 15 heteroatoms. The fraction of sp³-hybridized carbons (Fsp3) is 0.500. The van der Waals surface area contributed by atoms with Gasteiger partial charge in [-0.3, -0.25) is 0 Å². The number of carboxylic acids is 2. The zero-order valence-corrected chi connectivity index (χ0v) is 17.8. The second-order valence-corrected chi connectivity index (χ2v) is 4.03. The molecule has 0 atom stereocenters. The summed E-state index contributed by atoms with van der Waals surface area (Å²) in [6.07, 6.45) is 0.143. The van der Waals surface area contributed by atoms with Crippen molar-refractivity contribution in [2.45, 2.75) is 12.8 Å². The van der Waals surface area contributed by atoms with Crippen LogP contribution < -0.4 is 39.8 Å². The topological polar surface area (TPSA) is 205 Å². The predicted molar refractivity (Wildman–Crippen MR) is 72.2 cm³/mol. The van der Waals surface area contributed by atoms with Crippen molar-refractivity contribution >= 4 is 35.6 Å². The van der Waals surface area contributed by atoms with Gasteiger partial charge in [0.15, 0.2) is 0 Å². The van der Waals surface area contributed by atoms with E-state index in [2.05, 4.69) is 21.3 Å². The maximum Gasteiger partial charge on any atom is 2.00 e. The SMILES string of the molecule is O=C([O-])C(=O)[N-]CCC[N-]C(=O)C(=O)[N-]CCC[N-]C(=O)C(=O)[O-].[Cu+2].[Cu+2].[Na+]. The molecule has 0 rings (SSSR count). The number of hydrogen-bond donors (Lipinski definition) is 0. The number of amides is 4. The molecule has 0 fully saturated rings. The molecule has 0 heterocycles. The molecule has 12 nitrogen and oxygen atoms in total. The first-order chi connectivity index (χ1) is 11.3. The van der Waals surface area contributed by atoms with Crippen molar-refractivity contribution < 1.29 is 103 Å². The third kappa shape index (κ3) is 18.0. The minimum absolute atomic E-state index is 0. The number of carbonyl (C=O) groups excluding carboxylic acids is 6. The van der Waals surface area contributed by atoms with Gasteiger partial charge < -0.3 is 60.2 Å². The van der Waals surface area contributed by atoms with Crippen molar-refractivity contribution in [3.05, 3.63) is 21.3 Å². The number of carbonyl (C=O) groups is 6. The summed E-state index contributed by atoms with van der Waals surface area (Å²) in [5, 5.41) is 32.9. The Balaban J connectivity index is -0.000000882. The maximum atomic E-state index is 11.2. The van der Waals surface area contributed by atoms with Crippen LogP contribution in [-0.4, -0.2) is 61.7 Å². The van der Waals surface area contributed by atoms with Crippen molar-refractivity contribution in [3.63, 3.8) is 0 Å². The van der Waals surface area contributed by atoms with E-state index in [0.29, 0.717) is 0 Å². The standard InChI is InChI=1S/C12H18N4O8.2Cu.Na/c17-7(13-3-1-5-15-9(19)11(21)22)8(18)14-4-2-6-16-10(20)12(23)24;;;/h1-6H2,(H6,13,14,15,16,17,18,19,20,21,22,23,24);;;/q;2*+2;+1/p-6. The van der Waals surface area contributed by atoms with Gasteiger partial charge in [0, 0.05) is 0 Å². The summed E-state index contributed by atoms with van der Waals surface area (Å²) in [6.45, 7) is -0.690. The molecule has 0 aliphatic rings. The summed E-state index contributed by atoms with van der Waals surface area (Å²) in [5.74, 6) is -8.99. The molecule has 0 aliphatic heterocycles. The van der Waals surface area contributed by atoms with Gasteiger partial charge in [0.1, 0.15) is 0 Å². The van der Waals surface area contributed by atoms with Crippen LogP contribution in [0.2, 0.25) is 0 Å². The second-order valence-electron chi connectivity index (χ2n) is 4.03. The van der Waals surface area contributed by atoms with Crippen molar-refractivity contribution in [1.82, 2.24) is 0 Å². The van der Waals surface area contributed by atoms with Gasteiger partial charge in [0.05, 0.1) is 35.6 Å². The summed E-state index contributed by atoms with van der Waals surface area (Å²) < 4.78 is 0. The van der Waals surface area contributed by atoms with Crippen LogP contribution in [0.5, 0.6) is 0 Å².